The molecule has 2 aromatic carbocycles. The molecular formula is C27H28N2O4S. The minimum absolute atomic E-state index is 0.102. The third kappa shape index (κ3) is 4.21. The highest BCUT2D eigenvalue weighted by molar-refractivity contribution is 7.13. The smallest absolute Gasteiger partial charge is 0.332 e. The van der Waals surface area contributed by atoms with Crippen molar-refractivity contribution in [3.05, 3.63) is 66.6 Å². The van der Waals surface area contributed by atoms with Crippen molar-refractivity contribution in [1.29, 1.82) is 0 Å². The van der Waals surface area contributed by atoms with Crippen molar-refractivity contribution in [1.82, 2.24) is 10.6 Å². The van der Waals surface area contributed by atoms with Gasteiger partial charge in [-0.25, -0.2) is 4.79 Å². The van der Waals surface area contributed by atoms with Crippen LogP contribution in [0.3, 0.4) is 0 Å². The van der Waals surface area contributed by atoms with E-state index in [0.29, 0.717) is 19.4 Å². The second-order valence-electron chi connectivity index (χ2n) is 8.84. The maximum Gasteiger partial charge on any atom is 0.332 e. The molecule has 2 N–H and O–H groups in total. The number of amides is 1. The number of hydrogen-bond acceptors (Lipinski definition) is 6. The number of nitrogens with one attached hydrogen (secondary N) is 2. The Morgan fingerprint density at radius 2 is 2.03 bits per heavy atom. The molecule has 2 aliphatic rings. The first-order valence-electron chi connectivity index (χ1n) is 11.6. The molecule has 1 aliphatic carbocycles. The average molecular weight is 477 g/mol. The topological polar surface area (TPSA) is 76.7 Å². The summed E-state index contributed by atoms with van der Waals surface area (Å²) in [6.07, 6.45) is 2.58. The van der Waals surface area contributed by atoms with Crippen molar-refractivity contribution in [2.45, 2.75) is 37.5 Å². The van der Waals surface area contributed by atoms with Crippen LogP contribution < -0.4 is 15.4 Å². The molecule has 0 unspecified atom stereocenters. The Labute approximate surface area is 203 Å². The molecule has 4 atom stereocenters. The first-order valence-corrected chi connectivity index (χ1v) is 12.5. The quantitative estimate of drug-likeness (QED) is 0.374. The van der Waals surface area contributed by atoms with Crippen LogP contribution in [0.5, 0.6) is 5.75 Å². The van der Waals surface area contributed by atoms with Crippen molar-refractivity contribution in [3.8, 4) is 16.2 Å². The Morgan fingerprint density at radius 1 is 1.24 bits per heavy atom. The van der Waals surface area contributed by atoms with E-state index in [2.05, 4.69) is 52.9 Å². The van der Waals surface area contributed by atoms with Crippen LogP contribution in [0.1, 0.15) is 19.8 Å². The zero-order chi connectivity index (χ0) is 23.7. The molecule has 1 aliphatic heterocycles. The largest absolute Gasteiger partial charge is 0.488 e. The highest BCUT2D eigenvalue weighted by Crippen LogP contribution is 2.45. The lowest BCUT2D eigenvalue weighted by Gasteiger charge is -2.20. The van der Waals surface area contributed by atoms with Crippen LogP contribution in [0.4, 0.5) is 0 Å². The van der Waals surface area contributed by atoms with E-state index < -0.39 is 17.6 Å². The molecule has 2 fully saturated rings. The number of benzene rings is 2. The van der Waals surface area contributed by atoms with E-state index in [1.165, 1.54) is 0 Å². The Kier molecular flexibility index (Phi) is 6.15. The molecule has 7 heteroatoms. The van der Waals surface area contributed by atoms with Crippen molar-refractivity contribution in [3.63, 3.8) is 0 Å². The van der Waals surface area contributed by atoms with Gasteiger partial charge >= 0.3 is 5.97 Å². The second kappa shape index (κ2) is 9.24. The van der Waals surface area contributed by atoms with Gasteiger partial charge in [0.05, 0.1) is 12.6 Å². The fraction of sp³-hybridized carbons (Fsp3) is 0.333. The molecule has 1 amide bonds. The molecule has 1 aromatic heterocycles. The van der Waals surface area contributed by atoms with Gasteiger partial charge in [-0.05, 0) is 47.7 Å². The van der Waals surface area contributed by atoms with Crippen molar-refractivity contribution < 1.29 is 19.1 Å². The van der Waals surface area contributed by atoms with Gasteiger partial charge in [-0.1, -0.05) is 36.4 Å². The van der Waals surface area contributed by atoms with Crippen LogP contribution in [-0.4, -0.2) is 42.7 Å². The Balaban J connectivity index is 1.30. The number of hydrogen-bond donors (Lipinski definition) is 2. The summed E-state index contributed by atoms with van der Waals surface area (Å²) in [4.78, 5) is 26.6. The molecule has 5 rings (SSSR count). The fourth-order valence-electron chi connectivity index (χ4n) is 4.68. The minimum Gasteiger partial charge on any atom is -0.488 e. The van der Waals surface area contributed by atoms with Crippen LogP contribution in [0.25, 0.3) is 21.2 Å². The molecule has 0 bridgehead atoms. The summed E-state index contributed by atoms with van der Waals surface area (Å²) in [7, 11) is 0. The van der Waals surface area contributed by atoms with Gasteiger partial charge < -0.3 is 20.1 Å². The molecule has 1 saturated heterocycles. The monoisotopic (exact) mass is 476 g/mol. The van der Waals surface area contributed by atoms with Gasteiger partial charge in [0.1, 0.15) is 17.4 Å². The lowest BCUT2D eigenvalue weighted by Crippen LogP contribution is -2.51. The summed E-state index contributed by atoms with van der Waals surface area (Å²) in [6, 6.07) is 16.1. The van der Waals surface area contributed by atoms with Crippen LogP contribution >= 0.6 is 11.3 Å². The number of carbonyl (C=O) groups excluding carboxylic acids is 2. The summed E-state index contributed by atoms with van der Waals surface area (Å²) in [6.45, 7) is 6.36. The number of thiophene rings is 1. The Hall–Kier alpha value is -3.16. The molecule has 0 radical (unpaired) electrons. The van der Waals surface area contributed by atoms with E-state index in [9.17, 15) is 9.59 Å². The number of esters is 1. The summed E-state index contributed by atoms with van der Waals surface area (Å²) in [5.41, 5.74) is 0.0647. The molecule has 6 nitrogen and oxygen atoms in total. The van der Waals surface area contributed by atoms with Gasteiger partial charge in [0.2, 0.25) is 5.91 Å². The molecule has 34 heavy (non-hydrogen) atoms. The van der Waals surface area contributed by atoms with Crippen LogP contribution in [0.15, 0.2) is 66.6 Å². The lowest BCUT2D eigenvalue weighted by molar-refractivity contribution is -0.149. The number of fused-ring (bicyclic) bond motifs is 1. The third-order valence-corrected chi connectivity index (χ3v) is 7.52. The molecule has 176 valence electrons. The molecule has 3 aromatic rings. The first-order chi connectivity index (χ1) is 16.5. The van der Waals surface area contributed by atoms with Crippen molar-refractivity contribution in [2.75, 3.05) is 13.2 Å². The molecule has 0 spiro atoms. The number of rotatable bonds is 8. The first kappa shape index (κ1) is 22.6. The van der Waals surface area contributed by atoms with Crippen LogP contribution in [0.2, 0.25) is 0 Å². The average Bonchev–Trinajstić information content (AvgIpc) is 3.19. The number of carbonyl (C=O) groups is 2. The lowest BCUT2D eigenvalue weighted by atomic mass is 10.0. The molecular weight excluding hydrogens is 448 g/mol. The minimum atomic E-state index is -0.986. The molecule has 1 saturated carbocycles. The van der Waals surface area contributed by atoms with Gasteiger partial charge in [-0.2, -0.15) is 0 Å². The standard InChI is InChI=1S/C27H28N2O4S/c1-3-19-15-27(19,26(31)32-4-2)29-25(30)22-14-20(16-28-22)33-23-13-18-9-6-5-8-17(18)12-21(23)24-10-7-11-34-24/h3,5-13,19-20,22,28H,1,4,14-16H2,2H3,(H,29,30)/t19-,20-,22+,27-/m1/s1. The second-order valence-corrected chi connectivity index (χ2v) is 9.78. The van der Waals surface area contributed by atoms with Crippen LogP contribution in [-0.2, 0) is 14.3 Å². The fourth-order valence-corrected chi connectivity index (χ4v) is 5.43. The van der Waals surface area contributed by atoms with E-state index >= 15 is 0 Å². The van der Waals surface area contributed by atoms with E-state index in [1.807, 2.05) is 18.2 Å². The highest BCUT2D eigenvalue weighted by atomic mass is 32.1. The maximum atomic E-state index is 13.0. The van der Waals surface area contributed by atoms with Gasteiger partial charge in [0.25, 0.3) is 0 Å². The summed E-state index contributed by atoms with van der Waals surface area (Å²) in [5.74, 6) is 0.108. The highest BCUT2D eigenvalue weighted by Gasteiger charge is 2.61. The van der Waals surface area contributed by atoms with Gasteiger partial charge in [0.15, 0.2) is 0 Å². The van der Waals surface area contributed by atoms with Gasteiger partial charge in [-0.15, -0.1) is 17.9 Å². The Bertz CT molecular complexity index is 1220. The van der Waals surface area contributed by atoms with Crippen molar-refractivity contribution in [2.24, 2.45) is 5.92 Å². The Morgan fingerprint density at radius 3 is 2.71 bits per heavy atom. The summed E-state index contributed by atoms with van der Waals surface area (Å²) in [5, 5.41) is 10.5. The molecule has 2 heterocycles. The zero-order valence-corrected chi connectivity index (χ0v) is 19.9. The van der Waals surface area contributed by atoms with Gasteiger partial charge in [0, 0.05) is 29.3 Å². The normalized spacial score (nSPS) is 25.6. The third-order valence-electron chi connectivity index (χ3n) is 6.62. The van der Waals surface area contributed by atoms with E-state index in [4.69, 9.17) is 9.47 Å². The zero-order valence-electron chi connectivity index (χ0n) is 19.1. The van der Waals surface area contributed by atoms with E-state index in [-0.39, 0.29) is 24.5 Å². The number of ether oxygens (including phenoxy) is 2. The predicted molar refractivity (Wildman–Crippen MR) is 134 cm³/mol. The maximum absolute atomic E-state index is 13.0. The van der Waals surface area contributed by atoms with E-state index in [0.717, 1.165) is 27.0 Å². The van der Waals surface area contributed by atoms with Crippen LogP contribution in [0, 0.1) is 5.92 Å². The SMILES string of the molecule is C=C[C@@H]1C[C@]1(NC(=O)[C@@H]1C[C@@H](Oc2cc3ccccc3cc2-c2cccs2)CN1)C(=O)OCC. The van der Waals surface area contributed by atoms with Gasteiger partial charge in [-0.3, -0.25) is 4.79 Å². The predicted octanol–water partition coefficient (Wildman–Crippen LogP) is 4.30. The van der Waals surface area contributed by atoms with E-state index in [1.54, 1.807) is 24.3 Å². The summed E-state index contributed by atoms with van der Waals surface area (Å²) < 4.78 is 11.7. The summed E-state index contributed by atoms with van der Waals surface area (Å²) >= 11 is 1.67. The van der Waals surface area contributed by atoms with Crippen molar-refractivity contribution >= 4 is 34.0 Å².